The van der Waals surface area contributed by atoms with Gasteiger partial charge in [-0.2, -0.15) is 0 Å². The lowest BCUT2D eigenvalue weighted by Crippen LogP contribution is -2.51. The quantitative estimate of drug-likeness (QED) is 0.544. The molecule has 30 heavy (non-hydrogen) atoms. The van der Waals surface area contributed by atoms with Crippen LogP contribution in [0.4, 0.5) is 20.2 Å². The summed E-state index contributed by atoms with van der Waals surface area (Å²) in [6.45, 7) is 3.23. The molecule has 3 aliphatic rings. The molecule has 3 aliphatic heterocycles. The first kappa shape index (κ1) is 19.5. The molecule has 0 aliphatic carbocycles. The molecule has 0 saturated carbocycles. The molecular formula is C24H27F2N3O. The Kier molecular flexibility index (Phi) is 4.97. The van der Waals surface area contributed by atoms with Crippen LogP contribution < -0.4 is 9.80 Å². The van der Waals surface area contributed by atoms with Gasteiger partial charge in [0, 0.05) is 44.1 Å². The molecule has 0 bridgehead atoms. The van der Waals surface area contributed by atoms with E-state index in [1.165, 1.54) is 23.4 Å². The molecule has 0 spiro atoms. The molecule has 3 atom stereocenters. The Hall–Kier alpha value is -2.47. The number of carbonyl (C=O) groups is 1. The van der Waals surface area contributed by atoms with Crippen LogP contribution in [0.3, 0.4) is 0 Å². The van der Waals surface area contributed by atoms with Gasteiger partial charge in [0.25, 0.3) is 0 Å². The minimum absolute atomic E-state index is 0.0647. The van der Waals surface area contributed by atoms with E-state index in [0.717, 1.165) is 38.2 Å². The van der Waals surface area contributed by atoms with Crippen LogP contribution in [0.25, 0.3) is 0 Å². The van der Waals surface area contributed by atoms with Crippen LogP contribution >= 0.6 is 0 Å². The SMILES string of the molecule is CN1c2cccc3c2N(CC1F)C1CCN(CCCC(=O)c2ccc(F)cc2)CC31. The zero-order valence-electron chi connectivity index (χ0n) is 17.2. The highest BCUT2D eigenvalue weighted by Gasteiger charge is 2.46. The second-order valence-electron chi connectivity index (χ2n) is 8.71. The number of para-hydroxylation sites is 1. The topological polar surface area (TPSA) is 26.8 Å². The van der Waals surface area contributed by atoms with E-state index in [-0.39, 0.29) is 11.6 Å². The van der Waals surface area contributed by atoms with E-state index in [2.05, 4.69) is 15.9 Å². The Balaban J connectivity index is 1.23. The molecule has 3 heterocycles. The van der Waals surface area contributed by atoms with Crippen LogP contribution in [0.2, 0.25) is 0 Å². The molecule has 0 N–H and O–H groups in total. The van der Waals surface area contributed by atoms with Gasteiger partial charge in [0.1, 0.15) is 5.82 Å². The standard InChI is InChI=1S/C24H27F2N3O/c1-27-21-5-2-4-18-19-14-28(13-11-20(19)29(24(18)21)15-23(27)26)12-3-6-22(30)16-7-9-17(25)10-8-16/h2,4-5,7-10,19-20,23H,3,6,11-15H2,1H3. The van der Waals surface area contributed by atoms with Gasteiger partial charge in [-0.1, -0.05) is 12.1 Å². The summed E-state index contributed by atoms with van der Waals surface area (Å²) in [6.07, 6.45) is 1.31. The highest BCUT2D eigenvalue weighted by atomic mass is 19.1. The first-order chi connectivity index (χ1) is 14.5. The number of rotatable bonds is 5. The van der Waals surface area contributed by atoms with E-state index in [4.69, 9.17) is 0 Å². The third-order valence-corrected chi connectivity index (χ3v) is 6.99. The first-order valence-electron chi connectivity index (χ1n) is 10.8. The Morgan fingerprint density at radius 3 is 2.73 bits per heavy atom. The predicted octanol–water partition coefficient (Wildman–Crippen LogP) is 4.21. The number of nitrogens with zero attached hydrogens (tertiary/aromatic N) is 3. The highest BCUT2D eigenvalue weighted by Crippen LogP contribution is 2.51. The van der Waals surface area contributed by atoms with Crippen molar-refractivity contribution in [3.8, 4) is 0 Å². The van der Waals surface area contributed by atoms with Crippen LogP contribution in [0.5, 0.6) is 0 Å². The number of likely N-dealkylation sites (tertiary alicyclic amines) is 1. The first-order valence-corrected chi connectivity index (χ1v) is 10.8. The van der Waals surface area contributed by atoms with Crippen LogP contribution in [0.1, 0.15) is 41.1 Å². The van der Waals surface area contributed by atoms with Gasteiger partial charge in [-0.05, 0) is 55.3 Å². The van der Waals surface area contributed by atoms with Gasteiger partial charge >= 0.3 is 0 Å². The zero-order valence-corrected chi connectivity index (χ0v) is 17.2. The fourth-order valence-electron chi connectivity index (χ4n) is 5.41. The summed E-state index contributed by atoms with van der Waals surface area (Å²) >= 11 is 0. The maximum absolute atomic E-state index is 14.6. The molecule has 1 fully saturated rings. The number of piperidine rings is 1. The summed E-state index contributed by atoms with van der Waals surface area (Å²) in [5.41, 5.74) is 4.13. The number of hydrogen-bond acceptors (Lipinski definition) is 4. The Morgan fingerprint density at radius 2 is 1.93 bits per heavy atom. The van der Waals surface area contributed by atoms with Crippen molar-refractivity contribution in [2.45, 2.75) is 37.5 Å². The number of benzene rings is 2. The minimum atomic E-state index is -0.970. The summed E-state index contributed by atoms with van der Waals surface area (Å²) in [4.78, 5) is 18.8. The van der Waals surface area contributed by atoms with Gasteiger partial charge < -0.3 is 14.7 Å². The normalized spacial score (nSPS) is 25.2. The van der Waals surface area contributed by atoms with Crippen LogP contribution in [0, 0.1) is 5.82 Å². The highest BCUT2D eigenvalue weighted by molar-refractivity contribution is 5.95. The molecule has 3 unspecified atom stereocenters. The second-order valence-corrected chi connectivity index (χ2v) is 8.71. The van der Waals surface area contributed by atoms with E-state index < -0.39 is 6.30 Å². The molecule has 158 valence electrons. The number of fused-ring (bicyclic) bond motifs is 3. The third-order valence-electron chi connectivity index (χ3n) is 6.99. The Morgan fingerprint density at radius 1 is 1.13 bits per heavy atom. The van der Waals surface area contributed by atoms with E-state index >= 15 is 0 Å². The molecular weight excluding hydrogens is 384 g/mol. The van der Waals surface area contributed by atoms with Crippen LogP contribution in [-0.4, -0.2) is 56.2 Å². The van der Waals surface area contributed by atoms with E-state index in [0.29, 0.717) is 30.5 Å². The fraction of sp³-hybridized carbons (Fsp3) is 0.458. The van der Waals surface area contributed by atoms with Crippen molar-refractivity contribution in [3.05, 3.63) is 59.4 Å². The molecule has 1 saturated heterocycles. The Labute approximate surface area is 176 Å². The average molecular weight is 411 g/mol. The van der Waals surface area contributed by atoms with Crippen molar-refractivity contribution in [1.82, 2.24) is 4.90 Å². The van der Waals surface area contributed by atoms with Gasteiger partial charge in [-0.15, -0.1) is 0 Å². The number of Topliss-reactive ketones (excluding diaryl/α,β-unsaturated/α-hetero) is 1. The predicted molar refractivity (Wildman–Crippen MR) is 115 cm³/mol. The maximum Gasteiger partial charge on any atom is 0.189 e. The molecule has 0 radical (unpaired) electrons. The van der Waals surface area contributed by atoms with Crippen molar-refractivity contribution < 1.29 is 13.6 Å². The van der Waals surface area contributed by atoms with Crippen LogP contribution in [0.15, 0.2) is 42.5 Å². The van der Waals surface area contributed by atoms with Crippen LogP contribution in [-0.2, 0) is 0 Å². The molecule has 0 amide bonds. The summed E-state index contributed by atoms with van der Waals surface area (Å²) in [7, 11) is 1.84. The van der Waals surface area contributed by atoms with Gasteiger partial charge in [0.2, 0.25) is 0 Å². The molecule has 2 aromatic rings. The largest absolute Gasteiger partial charge is 0.361 e. The number of hydrogen-bond donors (Lipinski definition) is 0. The summed E-state index contributed by atoms with van der Waals surface area (Å²) in [5.74, 6) is 0.132. The van der Waals surface area contributed by atoms with Crippen molar-refractivity contribution >= 4 is 17.2 Å². The lowest BCUT2D eigenvalue weighted by molar-refractivity contribution is 0.0971. The van der Waals surface area contributed by atoms with Gasteiger partial charge in [-0.25, -0.2) is 8.78 Å². The lowest BCUT2D eigenvalue weighted by Gasteiger charge is -2.42. The number of carbonyl (C=O) groups excluding carboxylic acids is 1. The van der Waals surface area contributed by atoms with Crippen molar-refractivity contribution in [2.24, 2.45) is 0 Å². The van der Waals surface area contributed by atoms with E-state index in [1.54, 1.807) is 17.0 Å². The number of halogens is 2. The van der Waals surface area contributed by atoms with Gasteiger partial charge in [-0.3, -0.25) is 4.79 Å². The lowest BCUT2D eigenvalue weighted by atomic mass is 9.89. The van der Waals surface area contributed by atoms with Crippen molar-refractivity contribution in [1.29, 1.82) is 0 Å². The molecule has 2 aromatic carbocycles. The summed E-state index contributed by atoms with van der Waals surface area (Å²) in [6, 6.07) is 12.4. The zero-order chi connectivity index (χ0) is 20.8. The van der Waals surface area contributed by atoms with E-state index in [9.17, 15) is 13.6 Å². The summed E-state index contributed by atoms with van der Waals surface area (Å²) < 4.78 is 27.6. The number of anilines is 2. The molecule has 6 heteroatoms. The molecule has 0 aromatic heterocycles. The Bertz CT molecular complexity index is 948. The van der Waals surface area contributed by atoms with Gasteiger partial charge in [0.05, 0.1) is 17.9 Å². The number of likely N-dealkylation sites (N-methyl/N-ethyl adjacent to an activating group) is 1. The average Bonchev–Trinajstić information content (AvgIpc) is 3.06. The monoisotopic (exact) mass is 411 g/mol. The maximum atomic E-state index is 14.6. The third kappa shape index (κ3) is 3.27. The summed E-state index contributed by atoms with van der Waals surface area (Å²) in [5, 5.41) is 0. The smallest absolute Gasteiger partial charge is 0.189 e. The molecule has 4 nitrogen and oxygen atoms in total. The van der Waals surface area contributed by atoms with Crippen molar-refractivity contribution in [3.63, 3.8) is 0 Å². The number of ketones is 1. The minimum Gasteiger partial charge on any atom is -0.361 e. The number of alkyl halides is 1. The van der Waals surface area contributed by atoms with E-state index in [1.807, 2.05) is 19.2 Å². The van der Waals surface area contributed by atoms with Crippen molar-refractivity contribution in [2.75, 3.05) is 43.0 Å². The van der Waals surface area contributed by atoms with Gasteiger partial charge in [0.15, 0.2) is 12.1 Å². The molecule has 5 rings (SSSR count). The second kappa shape index (κ2) is 7.65. The fourth-order valence-corrected chi connectivity index (χ4v) is 5.41.